The molecular weight excluding hydrogens is 332 g/mol. The number of ether oxygens (including phenoxy) is 2. The van der Waals surface area contributed by atoms with E-state index in [2.05, 4.69) is 11.7 Å². The molecule has 148 valence electrons. The van der Waals surface area contributed by atoms with Gasteiger partial charge >= 0.3 is 6.16 Å². The van der Waals surface area contributed by atoms with E-state index in [0.717, 1.165) is 18.4 Å². The Morgan fingerprint density at radius 2 is 1.46 bits per heavy atom. The van der Waals surface area contributed by atoms with E-state index in [9.17, 15) is 9.90 Å². The summed E-state index contributed by atoms with van der Waals surface area (Å²) in [6.07, 6.45) is 12.4. The van der Waals surface area contributed by atoms with E-state index in [4.69, 9.17) is 9.84 Å². The van der Waals surface area contributed by atoms with E-state index in [-0.39, 0.29) is 11.5 Å². The third-order valence-corrected chi connectivity index (χ3v) is 4.48. The van der Waals surface area contributed by atoms with Gasteiger partial charge in [0, 0.05) is 0 Å². The summed E-state index contributed by atoms with van der Waals surface area (Å²) in [5, 5.41) is 18.7. The van der Waals surface area contributed by atoms with Crippen LogP contribution in [0.5, 0.6) is 17.2 Å². The third kappa shape index (κ3) is 8.97. The third-order valence-electron chi connectivity index (χ3n) is 4.48. The molecule has 26 heavy (non-hydrogen) atoms. The average Bonchev–Trinajstić information content (AvgIpc) is 2.60. The lowest BCUT2D eigenvalue weighted by molar-refractivity contribution is 0.142. The van der Waals surface area contributed by atoms with Gasteiger partial charge in [-0.15, -0.1) is 0 Å². The zero-order valence-corrected chi connectivity index (χ0v) is 16.3. The monoisotopic (exact) mass is 366 g/mol. The Labute approximate surface area is 157 Å². The van der Waals surface area contributed by atoms with Crippen LogP contribution in [-0.2, 0) is 0 Å². The average molecular weight is 366 g/mol. The lowest BCUT2D eigenvalue weighted by Crippen LogP contribution is -2.05. The first-order chi connectivity index (χ1) is 12.6. The van der Waals surface area contributed by atoms with Gasteiger partial charge in [0.05, 0.1) is 6.61 Å². The van der Waals surface area contributed by atoms with Gasteiger partial charge in [-0.05, 0) is 25.0 Å². The molecule has 1 aromatic carbocycles. The lowest BCUT2D eigenvalue weighted by Gasteiger charge is -2.13. The molecule has 0 bridgehead atoms. The van der Waals surface area contributed by atoms with E-state index in [1.165, 1.54) is 63.9 Å². The molecule has 5 nitrogen and oxygen atoms in total. The lowest BCUT2D eigenvalue weighted by atomic mass is 10.1. The van der Waals surface area contributed by atoms with E-state index in [0.29, 0.717) is 12.4 Å². The summed E-state index contributed by atoms with van der Waals surface area (Å²) in [5.74, 6) is -0.0525. The zero-order chi connectivity index (χ0) is 19.2. The van der Waals surface area contributed by atoms with Gasteiger partial charge in [-0.25, -0.2) is 4.79 Å². The number of aromatic hydroxyl groups is 1. The van der Waals surface area contributed by atoms with Crippen molar-refractivity contribution < 1.29 is 24.5 Å². The Kier molecular flexibility index (Phi) is 11.3. The number of unbranched alkanes of at least 4 members (excludes halogenated alkanes) is 10. The van der Waals surface area contributed by atoms with Crippen LogP contribution >= 0.6 is 0 Å². The quantitative estimate of drug-likeness (QED) is 0.225. The van der Waals surface area contributed by atoms with E-state index < -0.39 is 6.16 Å². The summed E-state index contributed by atoms with van der Waals surface area (Å²) in [7, 11) is 0. The molecule has 1 aromatic rings. The van der Waals surface area contributed by atoms with Crippen molar-refractivity contribution in [2.45, 2.75) is 84.5 Å². The zero-order valence-electron chi connectivity index (χ0n) is 16.3. The molecule has 0 atom stereocenters. The number of aryl methyl sites for hydroxylation is 1. The highest BCUT2D eigenvalue weighted by Gasteiger charge is 2.15. The van der Waals surface area contributed by atoms with Crippen LogP contribution in [0, 0.1) is 6.92 Å². The Morgan fingerprint density at radius 1 is 0.923 bits per heavy atom. The Morgan fingerprint density at radius 3 is 2.00 bits per heavy atom. The minimum Gasteiger partial charge on any atom is -0.502 e. The molecule has 0 amide bonds. The summed E-state index contributed by atoms with van der Waals surface area (Å²) < 4.78 is 10.2. The van der Waals surface area contributed by atoms with E-state index >= 15 is 0 Å². The van der Waals surface area contributed by atoms with Crippen LogP contribution in [0.2, 0.25) is 0 Å². The molecule has 0 saturated heterocycles. The van der Waals surface area contributed by atoms with E-state index in [1.807, 2.05) is 0 Å². The standard InChI is InChI=1S/C21H34O5/c1-3-4-5-6-7-8-9-10-11-12-13-16-25-20-17(2)14-15-18(19(20)22)26-21(23)24/h14-15,22H,3-13,16H2,1-2H3,(H,23,24). The van der Waals surface area contributed by atoms with Crippen molar-refractivity contribution in [3.05, 3.63) is 17.7 Å². The molecule has 1 rings (SSSR count). The number of benzene rings is 1. The fourth-order valence-electron chi connectivity index (χ4n) is 2.95. The van der Waals surface area contributed by atoms with Crippen LogP contribution in [-0.4, -0.2) is 23.0 Å². The van der Waals surface area contributed by atoms with Crippen molar-refractivity contribution in [2.24, 2.45) is 0 Å². The smallest absolute Gasteiger partial charge is 0.502 e. The van der Waals surface area contributed by atoms with Crippen molar-refractivity contribution in [1.29, 1.82) is 0 Å². The number of hydrogen-bond donors (Lipinski definition) is 2. The van der Waals surface area contributed by atoms with E-state index in [1.54, 1.807) is 13.0 Å². The van der Waals surface area contributed by atoms with Crippen LogP contribution in [0.4, 0.5) is 4.79 Å². The minimum absolute atomic E-state index is 0.1000. The van der Waals surface area contributed by atoms with Crippen molar-refractivity contribution in [3.63, 3.8) is 0 Å². The molecule has 2 N–H and O–H groups in total. The van der Waals surface area contributed by atoms with Gasteiger partial charge in [0.1, 0.15) is 0 Å². The Balaban J connectivity index is 2.15. The summed E-state index contributed by atoms with van der Waals surface area (Å²) in [6.45, 7) is 4.55. The molecule has 5 heteroatoms. The van der Waals surface area contributed by atoms with Gasteiger partial charge in [-0.3, -0.25) is 0 Å². The minimum atomic E-state index is -1.46. The van der Waals surface area contributed by atoms with Crippen molar-refractivity contribution >= 4 is 6.16 Å². The maximum Gasteiger partial charge on any atom is 0.511 e. The first kappa shape index (κ1) is 22.1. The molecule has 0 spiro atoms. The Hall–Kier alpha value is -1.91. The highest BCUT2D eigenvalue weighted by molar-refractivity contribution is 5.65. The molecule has 0 radical (unpaired) electrons. The van der Waals surface area contributed by atoms with Crippen LogP contribution in [0.1, 0.15) is 83.1 Å². The molecule has 0 fully saturated rings. The van der Waals surface area contributed by atoms with Gasteiger partial charge in [-0.1, -0.05) is 77.2 Å². The first-order valence-corrected chi connectivity index (χ1v) is 9.92. The predicted octanol–water partition coefficient (Wildman–Crippen LogP) is 6.45. The SMILES string of the molecule is CCCCCCCCCCCCCOc1c(C)ccc(OC(=O)O)c1O. The molecule has 0 aromatic heterocycles. The Bertz CT molecular complexity index is 527. The maximum absolute atomic E-state index is 10.6. The normalized spacial score (nSPS) is 10.7. The highest BCUT2D eigenvalue weighted by atomic mass is 16.7. The number of phenolic OH excluding ortho intramolecular Hbond substituents is 1. The topological polar surface area (TPSA) is 76.0 Å². The second-order valence-corrected chi connectivity index (χ2v) is 6.81. The predicted molar refractivity (Wildman–Crippen MR) is 103 cm³/mol. The van der Waals surface area contributed by atoms with Crippen LogP contribution < -0.4 is 9.47 Å². The van der Waals surface area contributed by atoms with Gasteiger partial charge < -0.3 is 19.7 Å². The summed E-state index contributed by atoms with van der Waals surface area (Å²) >= 11 is 0. The number of carbonyl (C=O) groups is 1. The van der Waals surface area contributed by atoms with Crippen LogP contribution in [0.25, 0.3) is 0 Å². The van der Waals surface area contributed by atoms with Gasteiger partial charge in [0.2, 0.25) is 5.75 Å². The number of carboxylic acid groups (broad SMARTS) is 1. The number of phenols is 1. The molecular formula is C21H34O5. The van der Waals surface area contributed by atoms with Crippen molar-refractivity contribution in [1.82, 2.24) is 0 Å². The molecule has 0 aliphatic heterocycles. The second-order valence-electron chi connectivity index (χ2n) is 6.81. The fourth-order valence-corrected chi connectivity index (χ4v) is 2.95. The highest BCUT2D eigenvalue weighted by Crippen LogP contribution is 2.38. The van der Waals surface area contributed by atoms with Gasteiger partial charge in [0.25, 0.3) is 0 Å². The molecule has 0 aliphatic rings. The largest absolute Gasteiger partial charge is 0.511 e. The van der Waals surface area contributed by atoms with Gasteiger partial charge in [0.15, 0.2) is 11.5 Å². The van der Waals surface area contributed by atoms with Crippen molar-refractivity contribution in [3.8, 4) is 17.2 Å². The summed E-state index contributed by atoms with van der Waals surface area (Å²) in [5.41, 5.74) is 0.753. The first-order valence-electron chi connectivity index (χ1n) is 9.92. The number of rotatable bonds is 14. The molecule has 0 aliphatic carbocycles. The van der Waals surface area contributed by atoms with Crippen LogP contribution in [0.15, 0.2) is 12.1 Å². The maximum atomic E-state index is 10.6. The van der Waals surface area contributed by atoms with Gasteiger partial charge in [-0.2, -0.15) is 0 Å². The van der Waals surface area contributed by atoms with Crippen LogP contribution in [0.3, 0.4) is 0 Å². The second kappa shape index (κ2) is 13.3. The number of hydrogen-bond acceptors (Lipinski definition) is 4. The fraction of sp³-hybridized carbons (Fsp3) is 0.667. The summed E-state index contributed by atoms with van der Waals surface area (Å²) in [4.78, 5) is 10.6. The molecule has 0 heterocycles. The molecule has 0 unspecified atom stereocenters. The van der Waals surface area contributed by atoms with Crippen molar-refractivity contribution in [2.75, 3.05) is 6.61 Å². The summed E-state index contributed by atoms with van der Waals surface area (Å²) in [6, 6.07) is 3.10. The molecule has 0 saturated carbocycles.